The summed E-state index contributed by atoms with van der Waals surface area (Å²) in [4.78, 5) is 110. The van der Waals surface area contributed by atoms with Gasteiger partial charge >= 0.3 is 18.0 Å². The largest absolute Gasteiger partial charge is 0.494 e. The van der Waals surface area contributed by atoms with Gasteiger partial charge in [-0.15, -0.1) is 0 Å². The predicted molar refractivity (Wildman–Crippen MR) is 220 cm³/mol. The molecular weight excluding hydrogens is 889 g/mol. The van der Waals surface area contributed by atoms with Crippen molar-refractivity contribution in [1.29, 1.82) is 0 Å². The van der Waals surface area contributed by atoms with Gasteiger partial charge < -0.3 is 49.2 Å². The van der Waals surface area contributed by atoms with E-state index in [4.69, 9.17) is 24.0 Å². The van der Waals surface area contributed by atoms with Gasteiger partial charge in [-0.05, 0) is 35.4 Å². The maximum atomic E-state index is 14.8. The number of carbonyl (C=O) groups is 8. The number of benzene rings is 2. The van der Waals surface area contributed by atoms with Crippen LogP contribution in [0.5, 0.6) is 11.5 Å². The van der Waals surface area contributed by atoms with E-state index in [1.807, 2.05) is 0 Å². The Morgan fingerprint density at radius 3 is 1.51 bits per heavy atom. The maximum Gasteiger partial charge on any atom is 0.339 e. The van der Waals surface area contributed by atoms with Crippen LogP contribution in [-0.4, -0.2) is 102 Å². The molecule has 0 aliphatic carbocycles. The summed E-state index contributed by atoms with van der Waals surface area (Å²) in [5, 5.41) is 9.34. The molecule has 0 saturated carbocycles. The van der Waals surface area contributed by atoms with Crippen molar-refractivity contribution in [3.63, 3.8) is 0 Å². The molecule has 2 atom stereocenters. The van der Waals surface area contributed by atoms with Gasteiger partial charge in [0.2, 0.25) is 5.91 Å². The van der Waals surface area contributed by atoms with E-state index in [9.17, 15) is 47.1 Å². The molecule has 9 amide bonds. The minimum Gasteiger partial charge on any atom is -0.494 e. The maximum absolute atomic E-state index is 14.8. The number of urea groups is 2. The first kappa shape index (κ1) is 43.3. The van der Waals surface area contributed by atoms with Gasteiger partial charge in [-0.25, -0.2) is 23.2 Å². The molecule has 2 aromatic carbocycles. The van der Waals surface area contributed by atoms with E-state index in [0.717, 1.165) is 0 Å². The average molecular weight is 922 g/mol. The van der Waals surface area contributed by atoms with Crippen LogP contribution in [0.3, 0.4) is 0 Å². The van der Waals surface area contributed by atoms with Crippen molar-refractivity contribution in [3.05, 3.63) is 117 Å². The van der Waals surface area contributed by atoms with Gasteiger partial charge in [0.25, 0.3) is 23.6 Å². The Morgan fingerprint density at radius 2 is 1.12 bits per heavy atom. The molecule has 2 saturated heterocycles. The number of methoxy groups -OCH3 is 3. The van der Waals surface area contributed by atoms with Gasteiger partial charge in [0.05, 0.1) is 56.7 Å². The quantitative estimate of drug-likeness (QED) is 0.0972. The van der Waals surface area contributed by atoms with E-state index < -0.39 is 70.3 Å². The first-order valence-electron chi connectivity index (χ1n) is 19.8. The molecule has 0 spiro atoms. The number of furan rings is 2. The highest BCUT2D eigenvalue weighted by molar-refractivity contribution is 6.10. The van der Waals surface area contributed by atoms with E-state index in [1.54, 1.807) is 12.1 Å². The van der Waals surface area contributed by atoms with E-state index in [2.05, 4.69) is 36.0 Å². The number of fused-ring (bicyclic) bond motifs is 4. The molecule has 4 aliphatic heterocycles. The summed E-state index contributed by atoms with van der Waals surface area (Å²) in [6, 6.07) is 9.96. The van der Waals surface area contributed by atoms with Crippen LogP contribution >= 0.6 is 0 Å². The first-order chi connectivity index (χ1) is 32.0. The number of hydrogen-bond donors (Lipinski definition) is 5. The summed E-state index contributed by atoms with van der Waals surface area (Å²) in [6.07, 6.45) is 2.53. The predicted octanol–water partition coefficient (Wildman–Crippen LogP) is 2.22. The van der Waals surface area contributed by atoms with Gasteiger partial charge in [0, 0.05) is 37.6 Å². The molecule has 4 aromatic heterocycles. The van der Waals surface area contributed by atoms with E-state index in [1.165, 1.54) is 79.9 Å². The SMILES string of the molecule is COC(=O)c1cnc2cc([C@]3(CN4Cc5ccc(OC)c(F)c5C4=O)NC(=O)NC3=O)oc2c1.COc1ccc2c(c1F)C(=O)N(C[C@@]1(c3cc4ncc(C(N)=O)cc4o3)NC(=O)NC1=O)C2. The lowest BCUT2D eigenvalue weighted by Gasteiger charge is -2.28. The highest BCUT2D eigenvalue weighted by Gasteiger charge is 2.55. The first-order valence-corrected chi connectivity index (χ1v) is 19.8. The lowest BCUT2D eigenvalue weighted by atomic mass is 9.95. The molecular formula is C43H33F2N9O13. The fraction of sp³-hybridized carbons (Fsp3) is 0.209. The number of pyridine rings is 2. The normalized spacial score (nSPS) is 19.4. The minimum atomic E-state index is -1.80. The fourth-order valence-corrected chi connectivity index (χ4v) is 8.26. The fourth-order valence-electron chi connectivity index (χ4n) is 8.26. The van der Waals surface area contributed by atoms with Crippen molar-refractivity contribution in [1.82, 2.24) is 41.0 Å². The van der Waals surface area contributed by atoms with Crippen LogP contribution in [0.4, 0.5) is 18.4 Å². The molecule has 6 aromatic rings. The van der Waals surface area contributed by atoms with E-state index >= 15 is 0 Å². The lowest BCUT2D eigenvalue weighted by molar-refractivity contribution is -0.126. The number of halogens is 2. The zero-order chi connectivity index (χ0) is 47.7. The Labute approximate surface area is 373 Å². The van der Waals surface area contributed by atoms with Gasteiger partial charge in [-0.2, -0.15) is 0 Å². The average Bonchev–Trinajstić information content (AvgIpc) is 4.15. The number of carbonyl (C=O) groups excluding carboxylic acids is 8. The Kier molecular flexibility index (Phi) is 10.3. The van der Waals surface area contributed by atoms with Crippen molar-refractivity contribution in [2.45, 2.75) is 24.2 Å². The van der Waals surface area contributed by atoms with Crippen molar-refractivity contribution < 1.29 is 70.2 Å². The van der Waals surface area contributed by atoms with Crippen LogP contribution < -0.4 is 36.5 Å². The second kappa shape index (κ2) is 15.9. The standard InChI is InChI=1S/C22H17FN4O7.C21H16FN5O6/c1-32-13-4-3-10-8-27(18(28)16(10)17(13)23)9-22(20(30)25-21(31)26-22)15-6-12-14(34-15)5-11(7-24-12)19(29)33-2;1-32-12-3-2-9-7-27(18(29)15(9)16(12)22)8-21(19(30)25-20(31)26-21)14-5-11-13(33-14)4-10(6-24-11)17(23)28/h3-7H,8-9H2,1-2H3,(H2,25,26,30,31);2-6H,7-8H2,1H3,(H2,23,28)(H2,25,26,30,31)/t22-;21-/m00/s1. The number of hydrogen-bond acceptors (Lipinski definition) is 15. The number of aromatic nitrogens is 2. The van der Waals surface area contributed by atoms with Gasteiger partial charge in [-0.1, -0.05) is 12.1 Å². The second-order valence-corrected chi connectivity index (χ2v) is 15.5. The van der Waals surface area contributed by atoms with Crippen LogP contribution in [0.25, 0.3) is 22.2 Å². The molecule has 0 unspecified atom stereocenters. The molecule has 8 heterocycles. The molecule has 6 N–H and O–H groups in total. The Bertz CT molecular complexity index is 3210. The molecule has 4 aliphatic rings. The summed E-state index contributed by atoms with van der Waals surface area (Å²) in [7, 11) is 3.79. The van der Waals surface area contributed by atoms with Crippen molar-refractivity contribution in [2.75, 3.05) is 34.4 Å². The summed E-state index contributed by atoms with van der Waals surface area (Å²) < 4.78 is 55.6. The molecule has 10 rings (SSSR count). The third-order valence-corrected chi connectivity index (χ3v) is 11.6. The minimum absolute atomic E-state index is 0.00425. The molecule has 24 heteroatoms. The third kappa shape index (κ3) is 7.01. The van der Waals surface area contributed by atoms with Crippen molar-refractivity contribution in [3.8, 4) is 11.5 Å². The highest BCUT2D eigenvalue weighted by atomic mass is 19.1. The van der Waals surface area contributed by atoms with Crippen LogP contribution in [-0.2, 0) is 38.5 Å². The summed E-state index contributed by atoms with van der Waals surface area (Å²) in [5.41, 5.74) is 3.32. The number of amides is 9. The monoisotopic (exact) mass is 921 g/mol. The molecule has 0 radical (unpaired) electrons. The van der Waals surface area contributed by atoms with Crippen LogP contribution in [0.15, 0.2) is 69.8 Å². The smallest absolute Gasteiger partial charge is 0.339 e. The molecule has 2 fully saturated rings. The van der Waals surface area contributed by atoms with Gasteiger partial charge in [0.1, 0.15) is 22.6 Å². The lowest BCUT2D eigenvalue weighted by Crippen LogP contribution is -2.52. The van der Waals surface area contributed by atoms with Crippen molar-refractivity contribution in [2.24, 2.45) is 5.73 Å². The molecule has 342 valence electrons. The number of rotatable bonds is 10. The van der Waals surface area contributed by atoms with Crippen molar-refractivity contribution >= 4 is 69.8 Å². The number of nitrogens with one attached hydrogen (secondary N) is 4. The van der Waals surface area contributed by atoms with Crippen LogP contribution in [0.1, 0.15) is 64.1 Å². The molecule has 22 nitrogen and oxygen atoms in total. The van der Waals surface area contributed by atoms with E-state index in [-0.39, 0.29) is 82.6 Å². The number of imide groups is 2. The van der Waals surface area contributed by atoms with Gasteiger partial charge in [0.15, 0.2) is 45.4 Å². The van der Waals surface area contributed by atoms with Crippen LogP contribution in [0, 0.1) is 11.6 Å². The number of primary amides is 1. The number of esters is 1. The summed E-state index contributed by atoms with van der Waals surface area (Å²) in [5.74, 6) is -6.00. The second-order valence-electron chi connectivity index (χ2n) is 15.5. The number of nitrogens with two attached hydrogens (primary N) is 1. The summed E-state index contributed by atoms with van der Waals surface area (Å²) in [6.45, 7) is -0.679. The number of nitrogens with zero attached hydrogens (tertiary/aromatic N) is 4. The summed E-state index contributed by atoms with van der Waals surface area (Å²) >= 11 is 0. The Hall–Kier alpha value is -8.96. The Balaban J connectivity index is 0.000000168. The number of ether oxygens (including phenoxy) is 3. The van der Waals surface area contributed by atoms with Gasteiger partial charge in [-0.3, -0.25) is 44.6 Å². The highest BCUT2D eigenvalue weighted by Crippen LogP contribution is 2.38. The Morgan fingerprint density at radius 1 is 0.687 bits per heavy atom. The van der Waals surface area contributed by atoms with E-state index in [0.29, 0.717) is 22.2 Å². The van der Waals surface area contributed by atoms with Crippen LogP contribution in [0.2, 0.25) is 0 Å². The molecule has 0 bridgehead atoms. The third-order valence-electron chi connectivity index (χ3n) is 11.6. The molecule has 67 heavy (non-hydrogen) atoms. The topological polar surface area (TPSA) is 297 Å². The zero-order valence-electron chi connectivity index (χ0n) is 35.0. The zero-order valence-corrected chi connectivity index (χ0v) is 35.0.